The van der Waals surface area contributed by atoms with Crippen molar-refractivity contribution in [1.29, 1.82) is 0 Å². The normalized spacial score (nSPS) is 12.9. The van der Waals surface area contributed by atoms with Crippen molar-refractivity contribution in [1.82, 2.24) is 0 Å². The molecule has 3 nitrogen and oxygen atoms in total. The first-order chi connectivity index (χ1) is 9.65. The van der Waals surface area contributed by atoms with Crippen LogP contribution in [-0.4, -0.2) is 23.9 Å². The Labute approximate surface area is 132 Å². The zero-order chi connectivity index (χ0) is 16.2. The maximum Gasteiger partial charge on any atom is 0.446 e. The van der Waals surface area contributed by atoms with Gasteiger partial charge in [0.2, 0.25) is 0 Å². The molecule has 0 aromatic heterocycles. The third kappa shape index (κ3) is 5.35. The predicted octanol–water partition coefficient (Wildman–Crippen LogP) is 4.50. The van der Waals surface area contributed by atoms with E-state index in [4.69, 9.17) is 4.74 Å². The molecule has 0 fully saturated rings. The Bertz CT molecular complexity index is 546. The molecule has 0 spiro atoms. The molecule has 116 valence electrons. The lowest BCUT2D eigenvalue weighted by atomic mass is 10.1. The molecule has 1 aromatic rings. The van der Waals surface area contributed by atoms with Crippen LogP contribution in [0.25, 0.3) is 0 Å². The molecule has 0 bridgehead atoms. The van der Waals surface area contributed by atoms with Crippen LogP contribution in [0.4, 0.5) is 13.2 Å². The summed E-state index contributed by atoms with van der Waals surface area (Å²) in [5, 5.41) is 0. The van der Waals surface area contributed by atoms with Crippen LogP contribution in [-0.2, 0) is 9.53 Å². The van der Waals surface area contributed by atoms with Crippen LogP contribution in [0.5, 0.6) is 0 Å². The molecule has 21 heavy (non-hydrogen) atoms. The van der Waals surface area contributed by atoms with Gasteiger partial charge in [-0.3, -0.25) is 4.79 Å². The topological polar surface area (TPSA) is 43.4 Å². The van der Waals surface area contributed by atoms with Crippen LogP contribution in [0, 0.1) is 0 Å². The smallest absolute Gasteiger partial charge is 0.446 e. The Morgan fingerprint density at radius 3 is 2.48 bits per heavy atom. The molecule has 8 heteroatoms. The van der Waals surface area contributed by atoms with Gasteiger partial charge in [0.1, 0.15) is 5.78 Å². The van der Waals surface area contributed by atoms with Gasteiger partial charge in [0.05, 0.1) is 17.0 Å². The number of hydrogen-bond donors (Lipinski definition) is 0. The number of Topliss-reactive ketones (excluding diaryl/α,β-unsaturated/α-hetero) is 1. The van der Waals surface area contributed by atoms with E-state index in [1.54, 1.807) is 6.92 Å². The Balaban J connectivity index is 3.26. The van der Waals surface area contributed by atoms with E-state index < -0.39 is 28.1 Å². The van der Waals surface area contributed by atoms with Crippen molar-refractivity contribution in [2.75, 3.05) is 6.61 Å². The second-order valence-electron chi connectivity index (χ2n) is 4.00. The summed E-state index contributed by atoms with van der Waals surface area (Å²) < 4.78 is 42.3. The van der Waals surface area contributed by atoms with E-state index in [0.717, 1.165) is 6.07 Å². The standard InChI is InChI=1S/C13H12BrF3O3S/c1-3-20-12(19)9-6-8(11(14)7(2)18)4-5-10(9)21-13(15,16)17/h4-6,11H,3H2,1-2H3. The number of rotatable bonds is 5. The summed E-state index contributed by atoms with van der Waals surface area (Å²) >= 11 is 2.74. The van der Waals surface area contributed by atoms with Gasteiger partial charge in [0.15, 0.2) is 0 Å². The molecular formula is C13H12BrF3O3S. The van der Waals surface area contributed by atoms with Crippen LogP contribution in [0.1, 0.15) is 34.6 Å². The van der Waals surface area contributed by atoms with Crippen LogP contribution in [0.3, 0.4) is 0 Å². The van der Waals surface area contributed by atoms with E-state index in [0.29, 0.717) is 5.56 Å². The fraction of sp³-hybridized carbons (Fsp3) is 0.385. The maximum atomic E-state index is 12.5. The number of carbonyl (C=O) groups excluding carboxylic acids is 2. The summed E-state index contributed by atoms with van der Waals surface area (Å²) in [7, 11) is 0. The highest BCUT2D eigenvalue weighted by Crippen LogP contribution is 2.40. The first-order valence-corrected chi connectivity index (χ1v) is 7.60. The van der Waals surface area contributed by atoms with E-state index in [2.05, 4.69) is 15.9 Å². The second kappa shape index (κ2) is 7.31. The van der Waals surface area contributed by atoms with E-state index in [1.165, 1.54) is 19.1 Å². The van der Waals surface area contributed by atoms with E-state index in [1.807, 2.05) is 0 Å². The molecule has 0 saturated carbocycles. The summed E-state index contributed by atoms with van der Waals surface area (Å²) in [5.74, 6) is -1.07. The van der Waals surface area contributed by atoms with Gasteiger partial charge in [-0.25, -0.2) is 4.79 Å². The molecule has 1 atom stereocenters. The average molecular weight is 385 g/mol. The largest absolute Gasteiger partial charge is 0.462 e. The lowest BCUT2D eigenvalue weighted by molar-refractivity contribution is -0.116. The molecular weight excluding hydrogens is 373 g/mol. The lowest BCUT2D eigenvalue weighted by Crippen LogP contribution is -2.10. The highest BCUT2D eigenvalue weighted by molar-refractivity contribution is 9.09. The highest BCUT2D eigenvalue weighted by atomic mass is 79.9. The summed E-state index contributed by atoms with van der Waals surface area (Å²) in [5.41, 5.74) is -4.32. The number of hydrogen-bond acceptors (Lipinski definition) is 4. The molecule has 0 radical (unpaired) electrons. The van der Waals surface area contributed by atoms with Gasteiger partial charge in [-0.2, -0.15) is 13.2 Å². The first kappa shape index (κ1) is 18.0. The number of halogens is 4. The molecule has 1 unspecified atom stereocenters. The number of benzene rings is 1. The monoisotopic (exact) mass is 384 g/mol. The molecule has 0 saturated heterocycles. The van der Waals surface area contributed by atoms with Crippen molar-refractivity contribution < 1.29 is 27.5 Å². The van der Waals surface area contributed by atoms with E-state index >= 15 is 0 Å². The zero-order valence-electron chi connectivity index (χ0n) is 11.2. The van der Waals surface area contributed by atoms with Crippen LogP contribution in [0.15, 0.2) is 23.1 Å². The molecule has 0 heterocycles. The third-order valence-corrected chi connectivity index (χ3v) is 4.35. The number of esters is 1. The Hall–Kier alpha value is -1.02. The van der Waals surface area contributed by atoms with Crippen molar-refractivity contribution in [2.24, 2.45) is 0 Å². The van der Waals surface area contributed by atoms with Gasteiger partial charge >= 0.3 is 11.5 Å². The zero-order valence-corrected chi connectivity index (χ0v) is 13.6. The van der Waals surface area contributed by atoms with Crippen molar-refractivity contribution in [3.05, 3.63) is 29.3 Å². The summed E-state index contributed by atoms with van der Waals surface area (Å²) in [6.45, 7) is 2.94. The van der Waals surface area contributed by atoms with Crippen molar-refractivity contribution in [2.45, 2.75) is 29.1 Å². The van der Waals surface area contributed by atoms with Crippen molar-refractivity contribution in [3.8, 4) is 0 Å². The quantitative estimate of drug-likeness (QED) is 0.425. The van der Waals surface area contributed by atoms with Crippen molar-refractivity contribution in [3.63, 3.8) is 0 Å². The highest BCUT2D eigenvalue weighted by Gasteiger charge is 2.32. The third-order valence-electron chi connectivity index (χ3n) is 2.37. The summed E-state index contributed by atoms with van der Waals surface area (Å²) in [6, 6.07) is 3.78. The molecule has 1 rings (SSSR count). The number of carbonyl (C=O) groups is 2. The number of ketones is 1. The second-order valence-corrected chi connectivity index (χ2v) is 6.02. The maximum absolute atomic E-state index is 12.5. The minimum absolute atomic E-state index is 0.0453. The van der Waals surface area contributed by atoms with E-state index in [-0.39, 0.29) is 22.8 Å². The SMILES string of the molecule is CCOC(=O)c1cc(C(Br)C(C)=O)ccc1SC(F)(F)F. The van der Waals surface area contributed by atoms with Gasteiger partial charge in [0, 0.05) is 4.90 Å². The van der Waals surface area contributed by atoms with Gasteiger partial charge < -0.3 is 4.74 Å². The van der Waals surface area contributed by atoms with Crippen molar-refractivity contribution >= 4 is 39.4 Å². The Morgan fingerprint density at radius 2 is 2.00 bits per heavy atom. The molecule has 0 aliphatic heterocycles. The molecule has 0 amide bonds. The Kier molecular flexibility index (Phi) is 6.27. The fourth-order valence-electron chi connectivity index (χ4n) is 1.52. The van der Waals surface area contributed by atoms with E-state index in [9.17, 15) is 22.8 Å². The molecule has 1 aromatic carbocycles. The van der Waals surface area contributed by atoms with Crippen LogP contribution in [0.2, 0.25) is 0 Å². The number of ether oxygens (including phenoxy) is 1. The molecule has 0 aliphatic carbocycles. The summed E-state index contributed by atoms with van der Waals surface area (Å²) in [4.78, 5) is 22.2. The lowest BCUT2D eigenvalue weighted by Gasteiger charge is -2.13. The van der Waals surface area contributed by atoms with Gasteiger partial charge in [-0.05, 0) is 43.3 Å². The summed E-state index contributed by atoms with van der Waals surface area (Å²) in [6.07, 6.45) is 0. The Morgan fingerprint density at radius 1 is 1.38 bits per heavy atom. The predicted molar refractivity (Wildman–Crippen MR) is 76.7 cm³/mol. The van der Waals surface area contributed by atoms with Gasteiger partial charge in [-0.15, -0.1) is 0 Å². The first-order valence-electron chi connectivity index (χ1n) is 5.87. The van der Waals surface area contributed by atoms with Gasteiger partial charge in [-0.1, -0.05) is 22.0 Å². The number of thioether (sulfide) groups is 1. The fourth-order valence-corrected chi connectivity index (χ4v) is 2.44. The molecule has 0 aliphatic rings. The minimum Gasteiger partial charge on any atom is -0.462 e. The number of alkyl halides is 4. The van der Waals surface area contributed by atoms with Crippen LogP contribution < -0.4 is 0 Å². The minimum atomic E-state index is -4.52. The average Bonchev–Trinajstić information content (AvgIpc) is 2.36. The van der Waals surface area contributed by atoms with Crippen LogP contribution >= 0.6 is 27.7 Å². The van der Waals surface area contributed by atoms with Gasteiger partial charge in [0.25, 0.3) is 0 Å². The molecule has 0 N–H and O–H groups in total.